The van der Waals surface area contributed by atoms with Gasteiger partial charge in [-0.05, 0) is 12.0 Å². The van der Waals surface area contributed by atoms with Crippen LogP contribution in [0.4, 0.5) is 5.82 Å². The number of benzene rings is 1. The fourth-order valence-electron chi connectivity index (χ4n) is 2.82. The fraction of sp³-hybridized carbons (Fsp3) is 0.524. The summed E-state index contributed by atoms with van der Waals surface area (Å²) in [7, 11) is -1.86. The van der Waals surface area contributed by atoms with E-state index in [0.717, 1.165) is 12.1 Å². The second-order valence-corrected chi connectivity index (χ2v) is 10.2. The molecule has 0 fully saturated rings. The first-order valence-corrected chi connectivity index (χ1v) is 11.5. The fourth-order valence-corrected chi connectivity index (χ4v) is 4.34. The molecule has 1 amide bonds. The number of aromatic nitrogens is 2. The van der Waals surface area contributed by atoms with E-state index in [9.17, 15) is 13.2 Å². The second-order valence-electron chi connectivity index (χ2n) is 8.27. The lowest BCUT2D eigenvalue weighted by Gasteiger charge is -2.21. The lowest BCUT2D eigenvalue weighted by Crippen LogP contribution is -2.39. The van der Waals surface area contributed by atoms with Crippen LogP contribution >= 0.6 is 0 Å². The largest absolute Gasteiger partial charge is 0.310 e. The third kappa shape index (κ3) is 6.68. The molecule has 8 heteroatoms. The van der Waals surface area contributed by atoms with Crippen molar-refractivity contribution < 1.29 is 13.2 Å². The summed E-state index contributed by atoms with van der Waals surface area (Å²) in [5, 5.41) is 7.24. The van der Waals surface area contributed by atoms with Gasteiger partial charge >= 0.3 is 0 Å². The van der Waals surface area contributed by atoms with E-state index in [2.05, 4.69) is 10.4 Å². The Morgan fingerprint density at radius 3 is 2.41 bits per heavy atom. The zero-order valence-corrected chi connectivity index (χ0v) is 18.8. The van der Waals surface area contributed by atoms with Crippen molar-refractivity contribution in [2.24, 2.45) is 7.05 Å². The van der Waals surface area contributed by atoms with Gasteiger partial charge in [-0.3, -0.25) is 9.48 Å². The Morgan fingerprint density at radius 2 is 1.86 bits per heavy atom. The number of nitrogens with one attached hydrogen (secondary N) is 1. The summed E-state index contributed by atoms with van der Waals surface area (Å²) in [5.41, 5.74) is 1.41. The van der Waals surface area contributed by atoms with Gasteiger partial charge in [0, 0.05) is 25.1 Å². The molecule has 0 aliphatic carbocycles. The molecule has 0 aliphatic heterocycles. The number of hydrogen-bond acceptors (Lipinski definition) is 4. The van der Waals surface area contributed by atoms with Crippen molar-refractivity contribution in [1.82, 2.24) is 14.1 Å². The van der Waals surface area contributed by atoms with E-state index in [0.29, 0.717) is 24.3 Å². The molecule has 1 aromatic carbocycles. The van der Waals surface area contributed by atoms with Crippen LogP contribution in [0, 0.1) is 0 Å². The number of aryl methyl sites for hydroxylation is 1. The Hall–Kier alpha value is -2.19. The third-order valence-corrected chi connectivity index (χ3v) is 6.38. The van der Waals surface area contributed by atoms with Crippen molar-refractivity contribution in [1.29, 1.82) is 0 Å². The molecule has 0 saturated carbocycles. The van der Waals surface area contributed by atoms with Crippen LogP contribution in [0.25, 0.3) is 0 Å². The van der Waals surface area contributed by atoms with Crippen LogP contribution in [0.2, 0.25) is 0 Å². The molecule has 2 aromatic rings. The smallest absolute Gasteiger partial charge is 0.240 e. The summed E-state index contributed by atoms with van der Waals surface area (Å²) in [5.74, 6) is 0.0575. The van der Waals surface area contributed by atoms with Gasteiger partial charge in [0.1, 0.15) is 5.82 Å². The van der Waals surface area contributed by atoms with Crippen LogP contribution in [-0.2, 0) is 33.0 Å². The Balaban J connectivity index is 2.13. The first-order chi connectivity index (χ1) is 13.5. The first-order valence-electron chi connectivity index (χ1n) is 9.89. The molecule has 0 aliphatic rings. The maximum Gasteiger partial charge on any atom is 0.240 e. The molecule has 0 radical (unpaired) electrons. The van der Waals surface area contributed by atoms with E-state index in [1.54, 1.807) is 23.9 Å². The molecule has 1 N–H and O–H groups in total. The van der Waals surface area contributed by atoms with E-state index < -0.39 is 10.0 Å². The average molecular weight is 421 g/mol. The molecule has 0 spiro atoms. The summed E-state index contributed by atoms with van der Waals surface area (Å²) in [6.07, 6.45) is 1.54. The number of hydrogen-bond donors (Lipinski definition) is 1. The van der Waals surface area contributed by atoms with Gasteiger partial charge in [0.2, 0.25) is 15.9 Å². The normalized spacial score (nSPS) is 12.3. The number of amides is 1. The van der Waals surface area contributed by atoms with Crippen LogP contribution in [0.5, 0.6) is 0 Å². The van der Waals surface area contributed by atoms with E-state index in [1.165, 1.54) is 4.31 Å². The van der Waals surface area contributed by atoms with E-state index in [4.69, 9.17) is 0 Å². The van der Waals surface area contributed by atoms with Gasteiger partial charge in [0.25, 0.3) is 0 Å². The molecule has 0 atom stereocenters. The molecule has 7 nitrogen and oxygen atoms in total. The molecule has 160 valence electrons. The van der Waals surface area contributed by atoms with E-state index >= 15 is 0 Å². The minimum Gasteiger partial charge on any atom is -0.310 e. The SMILES string of the molecule is CCCCN(CC(=O)Nc1cc(C(C)(C)C)nn1C)S(=O)(=O)Cc1ccccc1. The van der Waals surface area contributed by atoms with Crippen molar-refractivity contribution in [3.63, 3.8) is 0 Å². The summed E-state index contributed by atoms with van der Waals surface area (Å²) in [6, 6.07) is 10.8. The topological polar surface area (TPSA) is 84.3 Å². The molecule has 0 saturated heterocycles. The lowest BCUT2D eigenvalue weighted by atomic mass is 9.92. The maximum atomic E-state index is 12.9. The average Bonchev–Trinajstić information content (AvgIpc) is 3.00. The van der Waals surface area contributed by atoms with E-state index in [1.807, 2.05) is 52.0 Å². The van der Waals surface area contributed by atoms with Gasteiger partial charge < -0.3 is 5.32 Å². The van der Waals surface area contributed by atoms with Gasteiger partial charge in [0.15, 0.2) is 0 Å². The molecule has 1 aromatic heterocycles. The highest BCUT2D eigenvalue weighted by Gasteiger charge is 2.25. The van der Waals surface area contributed by atoms with Crippen molar-refractivity contribution in [3.8, 4) is 0 Å². The van der Waals surface area contributed by atoms with Crippen molar-refractivity contribution in [3.05, 3.63) is 47.7 Å². The maximum absolute atomic E-state index is 12.9. The summed E-state index contributed by atoms with van der Waals surface area (Å²) >= 11 is 0. The lowest BCUT2D eigenvalue weighted by molar-refractivity contribution is -0.116. The number of rotatable bonds is 9. The predicted octanol–water partition coefficient (Wildman–Crippen LogP) is 3.29. The number of unbranched alkanes of at least 4 members (excludes halogenated alkanes) is 1. The van der Waals surface area contributed by atoms with Crippen molar-refractivity contribution in [2.75, 3.05) is 18.4 Å². The zero-order valence-electron chi connectivity index (χ0n) is 18.0. The predicted molar refractivity (Wildman–Crippen MR) is 116 cm³/mol. The van der Waals surface area contributed by atoms with Gasteiger partial charge in [-0.25, -0.2) is 8.42 Å². The summed E-state index contributed by atoms with van der Waals surface area (Å²) < 4.78 is 28.7. The standard InChI is InChI=1S/C21H32N4O3S/c1-6-7-13-25(29(27,28)16-17-11-9-8-10-12-17)15-20(26)22-19-14-18(21(2,3)4)23-24(19)5/h8-12,14H,6-7,13,15-16H2,1-5H3,(H,22,26). The number of sulfonamides is 1. The minimum atomic E-state index is -3.61. The Labute approximate surface area is 174 Å². The van der Waals surface area contributed by atoms with Gasteiger partial charge in [-0.1, -0.05) is 64.4 Å². The third-order valence-electron chi connectivity index (χ3n) is 4.58. The summed E-state index contributed by atoms with van der Waals surface area (Å²) in [6.45, 7) is 8.23. The van der Waals surface area contributed by atoms with Gasteiger partial charge in [-0.2, -0.15) is 9.40 Å². The number of carbonyl (C=O) groups excluding carboxylic acids is 1. The Kier molecular flexibility index (Phi) is 7.60. The Morgan fingerprint density at radius 1 is 1.21 bits per heavy atom. The molecule has 0 unspecified atom stereocenters. The molecular formula is C21H32N4O3S. The first kappa shape index (κ1) is 23.1. The van der Waals surface area contributed by atoms with Crippen LogP contribution < -0.4 is 5.32 Å². The van der Waals surface area contributed by atoms with Crippen LogP contribution in [0.15, 0.2) is 36.4 Å². The number of carbonyl (C=O) groups is 1. The molecule has 29 heavy (non-hydrogen) atoms. The van der Waals surface area contributed by atoms with Crippen LogP contribution in [0.3, 0.4) is 0 Å². The second kappa shape index (κ2) is 9.54. The number of nitrogens with zero attached hydrogens (tertiary/aromatic N) is 3. The van der Waals surface area contributed by atoms with Crippen LogP contribution in [-0.4, -0.2) is 41.5 Å². The highest BCUT2D eigenvalue weighted by Crippen LogP contribution is 2.23. The Bertz CT molecular complexity index is 915. The minimum absolute atomic E-state index is 0.120. The molecular weight excluding hydrogens is 388 g/mol. The van der Waals surface area contributed by atoms with E-state index in [-0.39, 0.29) is 23.6 Å². The monoisotopic (exact) mass is 420 g/mol. The highest BCUT2D eigenvalue weighted by molar-refractivity contribution is 7.88. The molecule has 2 rings (SSSR count). The van der Waals surface area contributed by atoms with Gasteiger partial charge in [0.05, 0.1) is 18.0 Å². The number of anilines is 1. The molecule has 0 bridgehead atoms. The van der Waals surface area contributed by atoms with Crippen molar-refractivity contribution in [2.45, 2.75) is 51.7 Å². The van der Waals surface area contributed by atoms with Gasteiger partial charge in [-0.15, -0.1) is 0 Å². The highest BCUT2D eigenvalue weighted by atomic mass is 32.2. The zero-order chi connectivity index (χ0) is 21.7. The molecule has 1 heterocycles. The van der Waals surface area contributed by atoms with Crippen molar-refractivity contribution >= 4 is 21.7 Å². The summed E-state index contributed by atoms with van der Waals surface area (Å²) in [4.78, 5) is 12.6. The quantitative estimate of drug-likeness (QED) is 0.675. The van der Waals surface area contributed by atoms with Crippen LogP contribution in [0.1, 0.15) is 51.8 Å².